The van der Waals surface area contributed by atoms with Crippen LogP contribution in [0.2, 0.25) is 0 Å². The third-order valence-electron chi connectivity index (χ3n) is 2.40. The maximum Gasteiger partial charge on any atom is 0.0962 e. The van der Waals surface area contributed by atoms with Gasteiger partial charge in [-0.15, -0.1) is 11.3 Å². The number of benzene rings is 1. The van der Waals surface area contributed by atoms with E-state index < -0.39 is 0 Å². The van der Waals surface area contributed by atoms with Gasteiger partial charge >= 0.3 is 0 Å². The van der Waals surface area contributed by atoms with Crippen LogP contribution < -0.4 is 0 Å². The highest BCUT2D eigenvalue weighted by molar-refractivity contribution is 9.10. The van der Waals surface area contributed by atoms with Crippen LogP contribution in [0.4, 0.5) is 0 Å². The molecule has 0 saturated carbocycles. The summed E-state index contributed by atoms with van der Waals surface area (Å²) >= 11 is 5.06. The first kappa shape index (κ1) is 9.99. The predicted molar refractivity (Wildman–Crippen MR) is 68.6 cm³/mol. The summed E-state index contributed by atoms with van der Waals surface area (Å²) in [7, 11) is 0. The second kappa shape index (κ2) is 3.99. The maximum atomic E-state index is 4.37. The third-order valence-corrected chi connectivity index (χ3v) is 3.53. The van der Waals surface area contributed by atoms with Crippen LogP contribution in [0, 0.1) is 0 Å². The van der Waals surface area contributed by atoms with Gasteiger partial charge in [-0.2, -0.15) is 0 Å². The van der Waals surface area contributed by atoms with Crippen LogP contribution in [0.1, 0.15) is 5.69 Å². The van der Waals surface area contributed by atoms with Crippen LogP contribution in [0.5, 0.6) is 0 Å². The van der Waals surface area contributed by atoms with Crippen molar-refractivity contribution < 1.29 is 0 Å². The van der Waals surface area contributed by atoms with Crippen molar-refractivity contribution >= 4 is 38.3 Å². The molecule has 0 amide bonds. The normalized spacial score (nSPS) is 11.1. The zero-order valence-electron chi connectivity index (χ0n) is 8.30. The van der Waals surface area contributed by atoms with Crippen molar-refractivity contribution in [3.8, 4) is 0 Å². The summed E-state index contributed by atoms with van der Waals surface area (Å²) in [5.41, 5.74) is 5.07. The molecular weight excluding hydrogens is 286 g/mol. The van der Waals surface area contributed by atoms with Crippen LogP contribution >= 0.6 is 27.3 Å². The second-order valence-corrected chi connectivity index (χ2v) is 5.12. The zero-order chi connectivity index (χ0) is 11.0. The molecule has 0 saturated heterocycles. The summed E-state index contributed by atoms with van der Waals surface area (Å²) in [6, 6.07) is 6.12. The van der Waals surface area contributed by atoms with E-state index in [9.17, 15) is 0 Å². The van der Waals surface area contributed by atoms with Gasteiger partial charge in [-0.3, -0.25) is 0 Å². The lowest BCUT2D eigenvalue weighted by Crippen LogP contribution is -1.97. The Balaban J connectivity index is 2.04. The van der Waals surface area contributed by atoms with Crippen molar-refractivity contribution in [2.75, 3.05) is 0 Å². The zero-order valence-corrected chi connectivity index (χ0v) is 10.7. The van der Waals surface area contributed by atoms with Gasteiger partial charge in [0.2, 0.25) is 0 Å². The molecule has 0 spiro atoms. The molecule has 0 unspecified atom stereocenters. The molecule has 2 aromatic heterocycles. The van der Waals surface area contributed by atoms with E-state index in [1.807, 2.05) is 24.0 Å². The highest BCUT2D eigenvalue weighted by Gasteiger charge is 2.04. The number of aromatic nitrogens is 3. The van der Waals surface area contributed by atoms with Crippen molar-refractivity contribution in [3.05, 3.63) is 45.6 Å². The van der Waals surface area contributed by atoms with Gasteiger partial charge in [0.25, 0.3) is 0 Å². The minimum atomic E-state index is 0.779. The van der Waals surface area contributed by atoms with Gasteiger partial charge in [-0.05, 0) is 18.2 Å². The number of imidazole rings is 1. The van der Waals surface area contributed by atoms with E-state index in [-0.39, 0.29) is 0 Å². The molecule has 0 bridgehead atoms. The van der Waals surface area contributed by atoms with E-state index in [1.54, 1.807) is 11.3 Å². The molecule has 16 heavy (non-hydrogen) atoms. The van der Waals surface area contributed by atoms with E-state index in [0.29, 0.717) is 0 Å². The Kier molecular flexibility index (Phi) is 2.49. The predicted octanol–water partition coefficient (Wildman–Crippen LogP) is 3.30. The lowest BCUT2D eigenvalue weighted by Gasteiger charge is -2.01. The highest BCUT2D eigenvalue weighted by Crippen LogP contribution is 2.19. The Morgan fingerprint density at radius 1 is 1.31 bits per heavy atom. The van der Waals surface area contributed by atoms with E-state index >= 15 is 0 Å². The lowest BCUT2D eigenvalue weighted by molar-refractivity contribution is 0.804. The molecule has 1 aromatic carbocycles. The molecule has 3 nitrogen and oxygen atoms in total. The number of rotatable bonds is 2. The molecule has 0 N–H and O–H groups in total. The third kappa shape index (κ3) is 1.76. The number of hydrogen-bond acceptors (Lipinski definition) is 3. The van der Waals surface area contributed by atoms with Crippen molar-refractivity contribution in [1.82, 2.24) is 14.5 Å². The molecular formula is C11H8BrN3S. The Bertz CT molecular complexity index is 615. The van der Waals surface area contributed by atoms with Gasteiger partial charge in [0.1, 0.15) is 0 Å². The summed E-state index contributed by atoms with van der Waals surface area (Å²) < 4.78 is 3.16. The first-order chi connectivity index (χ1) is 7.83. The molecule has 0 radical (unpaired) electrons. The average molecular weight is 294 g/mol. The summed E-state index contributed by atoms with van der Waals surface area (Å²) in [5, 5.41) is 2.06. The maximum absolute atomic E-state index is 4.37. The molecule has 0 aliphatic heterocycles. The molecule has 0 atom stereocenters. The smallest absolute Gasteiger partial charge is 0.0962 e. The number of thiazole rings is 1. The fourth-order valence-corrected chi connectivity index (χ4v) is 2.55. The van der Waals surface area contributed by atoms with E-state index in [2.05, 4.69) is 41.9 Å². The molecule has 0 fully saturated rings. The molecule has 3 rings (SSSR count). The van der Waals surface area contributed by atoms with Crippen LogP contribution in [0.25, 0.3) is 11.0 Å². The SMILES string of the molecule is Brc1ccc2c(c1)ncn2Cc1cscn1. The average Bonchev–Trinajstić information content (AvgIpc) is 2.89. The summed E-state index contributed by atoms with van der Waals surface area (Å²) in [5.74, 6) is 0. The van der Waals surface area contributed by atoms with Gasteiger partial charge in [0.05, 0.1) is 35.1 Å². The monoisotopic (exact) mass is 293 g/mol. The Hall–Kier alpha value is -1.20. The first-order valence-corrected chi connectivity index (χ1v) is 6.54. The molecule has 5 heteroatoms. The lowest BCUT2D eigenvalue weighted by atomic mass is 10.3. The van der Waals surface area contributed by atoms with E-state index in [4.69, 9.17) is 0 Å². The van der Waals surface area contributed by atoms with Crippen molar-refractivity contribution in [2.45, 2.75) is 6.54 Å². The first-order valence-electron chi connectivity index (χ1n) is 4.80. The minimum Gasteiger partial charge on any atom is -0.324 e. The van der Waals surface area contributed by atoms with Gasteiger partial charge in [-0.25, -0.2) is 9.97 Å². The Morgan fingerprint density at radius 3 is 3.06 bits per heavy atom. The van der Waals surface area contributed by atoms with Crippen LogP contribution in [0.15, 0.2) is 39.9 Å². The summed E-state index contributed by atoms with van der Waals surface area (Å²) in [4.78, 5) is 8.64. The molecule has 2 heterocycles. The second-order valence-electron chi connectivity index (χ2n) is 3.49. The summed E-state index contributed by atoms with van der Waals surface area (Å²) in [6.07, 6.45) is 1.86. The fourth-order valence-electron chi connectivity index (χ4n) is 1.65. The van der Waals surface area contributed by atoms with Crippen molar-refractivity contribution in [2.24, 2.45) is 0 Å². The molecule has 0 aliphatic carbocycles. The number of halogens is 1. The highest BCUT2D eigenvalue weighted by atomic mass is 79.9. The molecule has 3 aromatic rings. The van der Waals surface area contributed by atoms with Crippen molar-refractivity contribution in [1.29, 1.82) is 0 Å². The fraction of sp³-hybridized carbons (Fsp3) is 0.0909. The Morgan fingerprint density at radius 2 is 2.25 bits per heavy atom. The van der Waals surface area contributed by atoms with Gasteiger partial charge in [0.15, 0.2) is 0 Å². The van der Waals surface area contributed by atoms with Gasteiger partial charge in [-0.1, -0.05) is 15.9 Å². The standard InChI is InChI=1S/C11H8BrN3S/c12-8-1-2-11-10(3-8)13-6-15(11)4-9-5-16-7-14-9/h1-3,5-7H,4H2. The quantitative estimate of drug-likeness (QED) is 0.726. The topological polar surface area (TPSA) is 30.7 Å². The van der Waals surface area contributed by atoms with Crippen LogP contribution in [-0.2, 0) is 6.54 Å². The Labute approximate surface area is 105 Å². The van der Waals surface area contributed by atoms with Gasteiger partial charge < -0.3 is 4.57 Å². The van der Waals surface area contributed by atoms with Crippen LogP contribution in [0.3, 0.4) is 0 Å². The van der Waals surface area contributed by atoms with E-state index in [1.165, 1.54) is 0 Å². The summed E-state index contributed by atoms with van der Waals surface area (Å²) in [6.45, 7) is 0.779. The molecule has 0 aliphatic rings. The number of fused-ring (bicyclic) bond motifs is 1. The van der Waals surface area contributed by atoms with Crippen molar-refractivity contribution in [3.63, 3.8) is 0 Å². The van der Waals surface area contributed by atoms with Gasteiger partial charge in [0, 0.05) is 9.85 Å². The minimum absolute atomic E-state index is 0.779. The number of nitrogens with zero attached hydrogens (tertiary/aromatic N) is 3. The largest absolute Gasteiger partial charge is 0.324 e. The molecule has 80 valence electrons. The van der Waals surface area contributed by atoms with Crippen LogP contribution in [-0.4, -0.2) is 14.5 Å². The van der Waals surface area contributed by atoms with E-state index in [0.717, 1.165) is 27.7 Å². The number of hydrogen-bond donors (Lipinski definition) is 0.